The Morgan fingerprint density at radius 1 is 1.27 bits per heavy atom. The summed E-state index contributed by atoms with van der Waals surface area (Å²) in [7, 11) is 0. The topological polar surface area (TPSA) is 35.6 Å². The molecular weight excluding hydrogens is 281 g/mol. The van der Waals surface area contributed by atoms with Crippen molar-refractivity contribution in [2.75, 3.05) is 26.2 Å². The van der Waals surface area contributed by atoms with Crippen molar-refractivity contribution in [3.8, 4) is 0 Å². The van der Waals surface area contributed by atoms with Gasteiger partial charge in [0.05, 0.1) is 6.04 Å². The zero-order chi connectivity index (χ0) is 15.5. The van der Waals surface area contributed by atoms with E-state index < -0.39 is 0 Å². The van der Waals surface area contributed by atoms with Gasteiger partial charge in [0, 0.05) is 44.3 Å². The Hall–Kier alpha value is -1.46. The second-order valence-corrected chi connectivity index (χ2v) is 6.36. The van der Waals surface area contributed by atoms with Crippen molar-refractivity contribution in [3.05, 3.63) is 35.6 Å². The van der Waals surface area contributed by atoms with Gasteiger partial charge >= 0.3 is 0 Å². The van der Waals surface area contributed by atoms with Crippen LogP contribution in [0, 0.1) is 5.82 Å². The van der Waals surface area contributed by atoms with E-state index in [4.69, 9.17) is 0 Å². The monoisotopic (exact) mass is 305 g/mol. The minimum absolute atomic E-state index is 0.0730. The van der Waals surface area contributed by atoms with Crippen molar-refractivity contribution < 1.29 is 9.18 Å². The third-order valence-electron chi connectivity index (χ3n) is 4.61. The van der Waals surface area contributed by atoms with Crippen molar-refractivity contribution in [1.82, 2.24) is 15.1 Å². The van der Waals surface area contributed by atoms with Gasteiger partial charge in [-0.1, -0.05) is 18.2 Å². The number of hydrogen-bond donors (Lipinski definition) is 1. The highest BCUT2D eigenvalue weighted by atomic mass is 19.1. The summed E-state index contributed by atoms with van der Waals surface area (Å²) in [5.74, 6) is 0.00663. The van der Waals surface area contributed by atoms with Crippen molar-refractivity contribution >= 4 is 5.91 Å². The summed E-state index contributed by atoms with van der Waals surface area (Å²) >= 11 is 0. The summed E-state index contributed by atoms with van der Waals surface area (Å²) in [6.45, 7) is 6.07. The summed E-state index contributed by atoms with van der Waals surface area (Å²) in [4.78, 5) is 16.6. The van der Waals surface area contributed by atoms with Gasteiger partial charge in [-0.25, -0.2) is 4.39 Å². The van der Waals surface area contributed by atoms with Crippen LogP contribution < -0.4 is 5.32 Å². The van der Waals surface area contributed by atoms with Crippen LogP contribution >= 0.6 is 0 Å². The molecule has 1 saturated carbocycles. The Kier molecular flexibility index (Phi) is 4.74. The maximum absolute atomic E-state index is 13.7. The molecule has 0 spiro atoms. The molecule has 0 unspecified atom stereocenters. The van der Waals surface area contributed by atoms with E-state index >= 15 is 0 Å². The molecule has 22 heavy (non-hydrogen) atoms. The van der Waals surface area contributed by atoms with Crippen LogP contribution in [-0.4, -0.2) is 54.0 Å². The third kappa shape index (κ3) is 3.84. The molecule has 1 heterocycles. The first-order valence-corrected chi connectivity index (χ1v) is 8.13. The fraction of sp³-hybridized carbons (Fsp3) is 0.588. The predicted molar refractivity (Wildman–Crippen MR) is 83.9 cm³/mol. The lowest BCUT2D eigenvalue weighted by Crippen LogP contribution is -2.53. The van der Waals surface area contributed by atoms with E-state index in [-0.39, 0.29) is 17.8 Å². The molecule has 120 valence electrons. The molecule has 3 rings (SSSR count). The maximum atomic E-state index is 13.7. The molecule has 1 N–H and O–H groups in total. The Labute approximate surface area is 131 Å². The van der Waals surface area contributed by atoms with Gasteiger partial charge in [-0.05, 0) is 25.8 Å². The molecule has 2 aliphatic rings. The summed E-state index contributed by atoms with van der Waals surface area (Å²) in [6.07, 6.45) is 2.24. The van der Waals surface area contributed by atoms with E-state index in [9.17, 15) is 9.18 Å². The van der Waals surface area contributed by atoms with E-state index in [0.29, 0.717) is 12.6 Å². The summed E-state index contributed by atoms with van der Waals surface area (Å²) < 4.78 is 13.7. The molecule has 5 heteroatoms. The maximum Gasteiger partial charge on any atom is 0.237 e. The van der Waals surface area contributed by atoms with Crippen molar-refractivity contribution in [1.29, 1.82) is 0 Å². The van der Waals surface area contributed by atoms with E-state index in [2.05, 4.69) is 15.1 Å². The minimum Gasteiger partial charge on any atom is -0.352 e. The highest BCUT2D eigenvalue weighted by Crippen LogP contribution is 2.19. The van der Waals surface area contributed by atoms with Gasteiger partial charge < -0.3 is 5.32 Å². The normalized spacial score (nSPS) is 21.5. The van der Waals surface area contributed by atoms with Crippen LogP contribution in [-0.2, 0) is 11.3 Å². The Balaban J connectivity index is 1.47. The summed E-state index contributed by atoms with van der Waals surface area (Å²) in [5.41, 5.74) is 0.746. The summed E-state index contributed by atoms with van der Waals surface area (Å²) in [6, 6.07) is 7.28. The molecule has 1 aliphatic heterocycles. The molecule has 0 radical (unpaired) electrons. The average Bonchev–Trinajstić information content (AvgIpc) is 3.33. The highest BCUT2D eigenvalue weighted by molar-refractivity contribution is 5.81. The van der Waals surface area contributed by atoms with E-state index in [1.54, 1.807) is 6.07 Å². The van der Waals surface area contributed by atoms with Crippen molar-refractivity contribution in [3.63, 3.8) is 0 Å². The van der Waals surface area contributed by atoms with Gasteiger partial charge in [-0.3, -0.25) is 14.6 Å². The zero-order valence-electron chi connectivity index (χ0n) is 13.1. The minimum atomic E-state index is -0.137. The molecule has 2 fully saturated rings. The van der Waals surface area contributed by atoms with E-state index in [1.807, 2.05) is 19.1 Å². The van der Waals surface area contributed by atoms with Gasteiger partial charge in [0.25, 0.3) is 0 Å². The molecule has 0 bridgehead atoms. The lowest BCUT2D eigenvalue weighted by Gasteiger charge is -2.37. The number of carbonyl (C=O) groups excluding carboxylic acids is 1. The fourth-order valence-corrected chi connectivity index (χ4v) is 2.89. The number of amides is 1. The van der Waals surface area contributed by atoms with Crippen LogP contribution in [0.2, 0.25) is 0 Å². The lowest BCUT2D eigenvalue weighted by molar-refractivity contribution is -0.126. The van der Waals surface area contributed by atoms with Gasteiger partial charge in [-0.2, -0.15) is 0 Å². The Bertz CT molecular complexity index is 524. The third-order valence-corrected chi connectivity index (χ3v) is 4.61. The standard InChI is InChI=1S/C17H24FN3O/c1-13(17(22)19-15-6-7-15)21-10-8-20(9-11-21)12-14-4-2-3-5-16(14)18/h2-5,13,15H,6-12H2,1H3,(H,19,22)/t13-/m1/s1. The predicted octanol–water partition coefficient (Wildman–Crippen LogP) is 1.61. The average molecular weight is 305 g/mol. The number of piperazine rings is 1. The number of nitrogens with one attached hydrogen (secondary N) is 1. The summed E-state index contributed by atoms with van der Waals surface area (Å²) in [5, 5.41) is 3.07. The number of hydrogen-bond acceptors (Lipinski definition) is 3. The molecule has 1 aromatic carbocycles. The van der Waals surface area contributed by atoms with Gasteiger partial charge in [0.15, 0.2) is 0 Å². The first-order valence-electron chi connectivity index (χ1n) is 8.13. The first kappa shape index (κ1) is 15.4. The number of nitrogens with zero attached hydrogens (tertiary/aromatic N) is 2. The van der Waals surface area contributed by atoms with Crippen molar-refractivity contribution in [2.45, 2.75) is 38.4 Å². The number of halogens is 1. The van der Waals surface area contributed by atoms with Gasteiger partial charge in [0.1, 0.15) is 5.82 Å². The van der Waals surface area contributed by atoms with E-state index in [1.165, 1.54) is 6.07 Å². The van der Waals surface area contributed by atoms with Crippen LogP contribution in [0.3, 0.4) is 0 Å². The highest BCUT2D eigenvalue weighted by Gasteiger charge is 2.30. The lowest BCUT2D eigenvalue weighted by atomic mass is 10.1. The van der Waals surface area contributed by atoms with Crippen LogP contribution in [0.4, 0.5) is 4.39 Å². The van der Waals surface area contributed by atoms with Crippen LogP contribution in [0.1, 0.15) is 25.3 Å². The quantitative estimate of drug-likeness (QED) is 0.898. The second-order valence-electron chi connectivity index (χ2n) is 6.36. The SMILES string of the molecule is C[C@H](C(=O)NC1CC1)N1CCN(Cc2ccccc2F)CC1. The molecule has 1 aromatic rings. The first-order chi connectivity index (χ1) is 10.6. The molecule has 1 saturated heterocycles. The number of benzene rings is 1. The molecule has 1 aliphatic carbocycles. The smallest absolute Gasteiger partial charge is 0.237 e. The fourth-order valence-electron chi connectivity index (χ4n) is 2.89. The molecule has 1 amide bonds. The number of rotatable bonds is 5. The molecule has 1 atom stereocenters. The van der Waals surface area contributed by atoms with Gasteiger partial charge in [-0.15, -0.1) is 0 Å². The Morgan fingerprint density at radius 3 is 2.59 bits per heavy atom. The van der Waals surface area contributed by atoms with Crippen molar-refractivity contribution in [2.24, 2.45) is 0 Å². The molecule has 0 aromatic heterocycles. The second kappa shape index (κ2) is 6.75. The van der Waals surface area contributed by atoms with Crippen LogP contribution in [0.5, 0.6) is 0 Å². The number of carbonyl (C=O) groups is 1. The van der Waals surface area contributed by atoms with Gasteiger partial charge in [0.2, 0.25) is 5.91 Å². The Morgan fingerprint density at radius 2 is 1.95 bits per heavy atom. The largest absolute Gasteiger partial charge is 0.352 e. The molecular formula is C17H24FN3O. The zero-order valence-corrected chi connectivity index (χ0v) is 13.1. The van der Waals surface area contributed by atoms with Crippen LogP contribution in [0.15, 0.2) is 24.3 Å². The van der Waals surface area contributed by atoms with Crippen LogP contribution in [0.25, 0.3) is 0 Å². The van der Waals surface area contributed by atoms with E-state index in [0.717, 1.165) is 44.6 Å². The molecule has 4 nitrogen and oxygen atoms in total.